The number of hydrogen-bond donors (Lipinski definition) is 14. The standard InChI is InChI=1S/C43H73N5O16S2.CO.Tc/c49-25-30-34(53)36(55)38(57)42(63-30)61-19-7-3-1-5-15-44-32(51)14-13-29(41(60)46-16-6-2-4-8-20-62-43-39(58)37(56)35(54)31(26-50)64-43)47-40(59)28-11-9-27(10-12-28)23-48(18-22-66)24-33(52)45-17-21-65;1-2;/h9-12,29-31,34-39,42-43,49-50,53-58,65-66H,1-8,13-26H2,(H,44,51)(H,45,52)(H,46,60)(H,47,59);;/q;;+7/t29?,30-,31-,34+,35+,36+,37+,38-,39-,42-,43-;;/m1../s1/i;;1+1. The van der Waals surface area contributed by atoms with E-state index in [2.05, 4.69) is 53.2 Å². The fraction of sp³-hybridized carbons (Fsp3) is 0.750. The summed E-state index contributed by atoms with van der Waals surface area (Å²) in [5, 5.41) is 89.9. The number of aliphatic hydroxyl groups is 8. The SMILES string of the molecule is O=C(CCC(NC(=O)c1ccc(CN(CCS)CC(=O)NCCS)cc1)C(=O)NCCCCCCO[C@@H]1O[C@H](CO)[C@H](O)[C@H](O)[C@H]1O)NCCCCCCO[C@@H]1O[C@H](CO)[C@H](O)[C@H](O)[C@H]1O.[99Tc+7].[C-]#[O+]. The first-order chi connectivity index (χ1) is 32.7. The number of ether oxygens (including phenoxy) is 4. The number of carbonyl (C=O) groups excluding carboxylic acids is 4. The molecule has 69 heavy (non-hydrogen) atoms. The number of carbonyl (C=O) groups is 4. The average Bonchev–Trinajstić information content (AvgIpc) is 3.34. The zero-order chi connectivity index (χ0) is 50.4. The van der Waals surface area contributed by atoms with Gasteiger partial charge in [-0.2, -0.15) is 25.3 Å². The first-order valence-electron chi connectivity index (χ1n) is 22.9. The Labute approximate surface area is 427 Å². The van der Waals surface area contributed by atoms with Gasteiger partial charge in [0.15, 0.2) is 12.6 Å². The summed E-state index contributed by atoms with van der Waals surface area (Å²) in [5.41, 5.74) is 1.17. The third-order valence-electron chi connectivity index (χ3n) is 11.1. The fourth-order valence-electron chi connectivity index (χ4n) is 7.24. The normalized spacial score (nSPS) is 24.8. The van der Waals surface area contributed by atoms with Gasteiger partial charge in [0.25, 0.3) is 5.91 Å². The molecule has 2 fully saturated rings. The number of thiol groups is 2. The van der Waals surface area contributed by atoms with Gasteiger partial charge in [-0.3, -0.25) is 24.1 Å². The van der Waals surface area contributed by atoms with Gasteiger partial charge in [-0.15, -0.1) is 0 Å². The number of nitrogens with zero attached hydrogens (tertiary/aromatic N) is 1. The van der Waals surface area contributed by atoms with E-state index in [-0.39, 0.29) is 64.5 Å². The molecule has 0 radical (unpaired) electrons. The van der Waals surface area contributed by atoms with E-state index in [1.165, 1.54) is 0 Å². The molecule has 3 rings (SSSR count). The maximum absolute atomic E-state index is 13.4. The van der Waals surface area contributed by atoms with Crippen molar-refractivity contribution in [1.82, 2.24) is 26.2 Å². The number of rotatable bonds is 32. The van der Waals surface area contributed by atoms with E-state index in [0.29, 0.717) is 88.3 Å². The van der Waals surface area contributed by atoms with E-state index >= 15 is 0 Å². The van der Waals surface area contributed by atoms with Gasteiger partial charge in [0.05, 0.1) is 19.8 Å². The molecule has 1 aromatic carbocycles. The molecule has 388 valence electrons. The van der Waals surface area contributed by atoms with E-state index < -0.39 is 92.5 Å². The van der Waals surface area contributed by atoms with Crippen LogP contribution in [0.4, 0.5) is 0 Å². The van der Waals surface area contributed by atoms with Crippen LogP contribution in [0.5, 0.6) is 0 Å². The second-order valence-electron chi connectivity index (χ2n) is 16.4. The molecule has 2 heterocycles. The van der Waals surface area contributed by atoms with E-state index in [1.54, 1.807) is 24.3 Å². The molecule has 11 atom stereocenters. The van der Waals surface area contributed by atoms with Crippen molar-refractivity contribution >= 4 is 48.9 Å². The molecule has 2 aliphatic heterocycles. The average molecular weight is 1110 g/mol. The number of aliphatic hydroxyl groups excluding tert-OH is 8. The van der Waals surface area contributed by atoms with Gasteiger partial charge < -0.3 is 81.1 Å². The van der Waals surface area contributed by atoms with Crippen LogP contribution in [0.25, 0.3) is 0 Å². The van der Waals surface area contributed by atoms with Gasteiger partial charge in [0, 0.05) is 69.4 Å². The van der Waals surface area contributed by atoms with Crippen molar-refractivity contribution in [3.63, 3.8) is 0 Å². The zero-order valence-electron chi connectivity index (χ0n) is 38.7. The van der Waals surface area contributed by atoms with Gasteiger partial charge in [0.2, 0.25) is 17.7 Å². The van der Waals surface area contributed by atoms with Crippen LogP contribution in [0.2, 0.25) is 0 Å². The quantitative estimate of drug-likeness (QED) is 0.0151. The zero-order valence-corrected chi connectivity index (χ0v) is 42.3. The van der Waals surface area contributed by atoms with Gasteiger partial charge in [-0.25, -0.2) is 0 Å². The summed E-state index contributed by atoms with van der Waals surface area (Å²) in [6.45, 7) is 6.09. The maximum atomic E-state index is 13.4. The molecular formula is C44H73N5O17S2Tc+7. The number of amides is 4. The predicted octanol–water partition coefficient (Wildman–Crippen LogP) is -2.71. The molecule has 0 aromatic heterocycles. The van der Waals surface area contributed by atoms with Crippen LogP contribution in [0, 0.1) is 6.65 Å². The van der Waals surface area contributed by atoms with Crippen molar-refractivity contribution in [2.75, 3.05) is 70.7 Å². The monoisotopic (exact) mass is 1110 g/mol. The van der Waals surface area contributed by atoms with Gasteiger partial charge in [0.1, 0.15) is 54.9 Å². The summed E-state index contributed by atoms with van der Waals surface area (Å²) in [4.78, 5) is 54.0. The van der Waals surface area contributed by atoms with Gasteiger partial charge >= 0.3 is 31.4 Å². The molecule has 2 saturated heterocycles. The van der Waals surface area contributed by atoms with Crippen LogP contribution in [-0.4, -0.2) is 207 Å². The Morgan fingerprint density at radius 1 is 0.667 bits per heavy atom. The Bertz CT molecular complexity index is 1610. The number of hydrogen-bond acceptors (Lipinski definition) is 19. The van der Waals surface area contributed by atoms with Crippen molar-refractivity contribution in [3.8, 4) is 0 Å². The van der Waals surface area contributed by atoms with Crippen LogP contribution in [0.1, 0.15) is 80.1 Å². The second kappa shape index (κ2) is 37.4. The summed E-state index contributed by atoms with van der Waals surface area (Å²) in [6, 6.07) is 5.79. The van der Waals surface area contributed by atoms with Crippen molar-refractivity contribution in [3.05, 3.63) is 42.0 Å². The second-order valence-corrected chi connectivity index (χ2v) is 17.3. The molecule has 0 aliphatic carbocycles. The molecule has 12 N–H and O–H groups in total. The summed E-state index contributed by atoms with van der Waals surface area (Å²) in [7, 11) is 0. The van der Waals surface area contributed by atoms with Crippen LogP contribution in [0.3, 0.4) is 0 Å². The number of nitrogens with one attached hydrogen (secondary N) is 4. The van der Waals surface area contributed by atoms with E-state index in [1.807, 2.05) is 4.90 Å². The van der Waals surface area contributed by atoms with Crippen molar-refractivity contribution < 1.29 is 104 Å². The van der Waals surface area contributed by atoms with Crippen molar-refractivity contribution in [1.29, 1.82) is 0 Å². The molecule has 1 aromatic rings. The molecule has 4 amide bonds. The molecule has 0 bridgehead atoms. The Kier molecular flexibility index (Phi) is 35.1. The van der Waals surface area contributed by atoms with Crippen molar-refractivity contribution in [2.45, 2.75) is 138 Å². The Balaban J connectivity index is 0.00000783. The molecular weight excluding hydrogens is 1030 g/mol. The van der Waals surface area contributed by atoms with Gasteiger partial charge in [-0.1, -0.05) is 37.8 Å². The molecule has 0 saturated carbocycles. The molecule has 25 heteroatoms. The fourth-order valence-corrected chi connectivity index (χ4v) is 7.63. The molecule has 22 nitrogen and oxygen atoms in total. The Morgan fingerprint density at radius 3 is 1.65 bits per heavy atom. The van der Waals surface area contributed by atoms with Crippen LogP contribution in [-0.2, 0) is 64.6 Å². The van der Waals surface area contributed by atoms with E-state index in [4.69, 9.17) is 23.6 Å². The third-order valence-corrected chi connectivity index (χ3v) is 11.6. The van der Waals surface area contributed by atoms with Crippen LogP contribution >= 0.6 is 25.3 Å². The molecule has 1 unspecified atom stereocenters. The van der Waals surface area contributed by atoms with E-state index in [0.717, 1.165) is 18.4 Å². The first kappa shape index (κ1) is 64.7. The van der Waals surface area contributed by atoms with E-state index in [9.17, 15) is 60.0 Å². The number of benzene rings is 1. The predicted molar refractivity (Wildman–Crippen MR) is 249 cm³/mol. The molecule has 2 aliphatic rings. The van der Waals surface area contributed by atoms with Crippen molar-refractivity contribution in [2.24, 2.45) is 0 Å². The Hall–Kier alpha value is -2.33. The summed E-state index contributed by atoms with van der Waals surface area (Å²) < 4.78 is 29.2. The summed E-state index contributed by atoms with van der Waals surface area (Å²) >= 11 is 8.44. The summed E-state index contributed by atoms with van der Waals surface area (Å²) in [5.74, 6) is -0.319. The number of unbranched alkanes of at least 4 members (excludes halogenated alkanes) is 6. The molecule has 0 spiro atoms. The minimum absolute atomic E-state index is 0. The topological polar surface area (TPSA) is 338 Å². The van der Waals surface area contributed by atoms with Crippen LogP contribution in [0.15, 0.2) is 24.3 Å². The summed E-state index contributed by atoms with van der Waals surface area (Å²) in [6.07, 6.45) is -8.20. The minimum atomic E-state index is -1.53. The third kappa shape index (κ3) is 23.8. The van der Waals surface area contributed by atoms with Crippen LogP contribution < -0.4 is 21.3 Å². The van der Waals surface area contributed by atoms with Gasteiger partial charge in [-0.05, 0) is 49.8 Å². The first-order valence-corrected chi connectivity index (χ1v) is 24.2. The Morgan fingerprint density at radius 2 is 1.16 bits per heavy atom.